The highest BCUT2D eigenvalue weighted by Gasteiger charge is 2.18. The van der Waals surface area contributed by atoms with Gasteiger partial charge < -0.3 is 4.90 Å². The lowest BCUT2D eigenvalue weighted by molar-refractivity contribution is 0.201. The maximum atomic E-state index is 12.6. The van der Waals surface area contributed by atoms with Gasteiger partial charge in [-0.15, -0.1) is 0 Å². The molecule has 0 spiro atoms. The Kier molecular flexibility index (Phi) is 13.1. The van der Waals surface area contributed by atoms with Crippen LogP contribution in [0.2, 0.25) is 0 Å². The van der Waals surface area contributed by atoms with Gasteiger partial charge in [0, 0.05) is 13.1 Å². The van der Waals surface area contributed by atoms with Gasteiger partial charge in [-0.3, -0.25) is 0 Å². The molecule has 0 aromatic heterocycles. The molecule has 0 bridgehead atoms. The first-order valence-corrected chi connectivity index (χ1v) is 12.6. The van der Waals surface area contributed by atoms with Gasteiger partial charge in [-0.1, -0.05) is 95.5 Å². The summed E-state index contributed by atoms with van der Waals surface area (Å²) < 4.78 is 26.8. The van der Waals surface area contributed by atoms with Gasteiger partial charge in [0.05, 0.1) is 5.41 Å². The van der Waals surface area contributed by atoms with Gasteiger partial charge in [0.15, 0.2) is 0 Å². The van der Waals surface area contributed by atoms with E-state index in [1.165, 1.54) is 31.8 Å². The van der Waals surface area contributed by atoms with Crippen LogP contribution >= 0.6 is 0 Å². The number of carbonyl (C=O) groups is 1. The highest BCUT2D eigenvalue weighted by atomic mass is 32.2. The third-order valence-corrected chi connectivity index (χ3v) is 5.77. The molecule has 1 N–H and O–H groups in total. The van der Waals surface area contributed by atoms with Crippen LogP contribution in [0.15, 0.2) is 35.7 Å². The monoisotopic (exact) mass is 422 g/mol. The van der Waals surface area contributed by atoms with E-state index < -0.39 is 16.1 Å². The highest BCUT2D eigenvalue weighted by Crippen LogP contribution is 2.09. The SMILES string of the molecule is CCCCCCCN(CCCCCCC)C(=O)NS(=O)(=O)C=Cc1ccccc1. The Bertz CT molecular complexity index is 673. The zero-order chi connectivity index (χ0) is 21.4. The van der Waals surface area contributed by atoms with E-state index in [-0.39, 0.29) is 0 Å². The van der Waals surface area contributed by atoms with E-state index in [1.807, 2.05) is 30.3 Å². The van der Waals surface area contributed by atoms with Crippen molar-refractivity contribution in [2.75, 3.05) is 13.1 Å². The molecule has 6 heteroatoms. The zero-order valence-electron chi connectivity index (χ0n) is 18.1. The number of hydrogen-bond acceptors (Lipinski definition) is 3. The summed E-state index contributed by atoms with van der Waals surface area (Å²) in [6.07, 6.45) is 12.5. The second-order valence-electron chi connectivity index (χ2n) is 7.48. The molecule has 1 rings (SSSR count). The summed E-state index contributed by atoms with van der Waals surface area (Å²) in [5.74, 6) is 0. The summed E-state index contributed by atoms with van der Waals surface area (Å²) in [5, 5.41) is 1.06. The molecule has 5 nitrogen and oxygen atoms in total. The van der Waals surface area contributed by atoms with Gasteiger partial charge in [0.2, 0.25) is 0 Å². The maximum absolute atomic E-state index is 12.6. The Morgan fingerprint density at radius 2 is 1.38 bits per heavy atom. The number of unbranched alkanes of at least 4 members (excludes halogenated alkanes) is 8. The van der Waals surface area contributed by atoms with Gasteiger partial charge in [0.25, 0.3) is 10.0 Å². The fourth-order valence-corrected chi connectivity index (χ4v) is 3.86. The lowest BCUT2D eigenvalue weighted by Crippen LogP contribution is -2.43. The number of nitrogens with zero attached hydrogens (tertiary/aromatic N) is 1. The Hall–Kier alpha value is -1.82. The van der Waals surface area contributed by atoms with Crippen LogP contribution < -0.4 is 4.72 Å². The molecule has 1 aromatic carbocycles. The molecular weight excluding hydrogens is 384 g/mol. The molecular formula is C23H38N2O3S. The third kappa shape index (κ3) is 12.4. The quantitative estimate of drug-likeness (QED) is 0.356. The van der Waals surface area contributed by atoms with Crippen molar-refractivity contribution in [3.8, 4) is 0 Å². The minimum absolute atomic E-state index is 0.520. The number of benzene rings is 1. The number of amides is 2. The van der Waals surface area contributed by atoms with E-state index in [2.05, 4.69) is 18.6 Å². The Balaban J connectivity index is 2.60. The average molecular weight is 423 g/mol. The second kappa shape index (κ2) is 15.1. The van der Waals surface area contributed by atoms with E-state index in [0.29, 0.717) is 13.1 Å². The van der Waals surface area contributed by atoms with Gasteiger partial charge in [-0.25, -0.2) is 17.9 Å². The van der Waals surface area contributed by atoms with Crippen LogP contribution in [0.5, 0.6) is 0 Å². The van der Waals surface area contributed by atoms with Gasteiger partial charge in [0.1, 0.15) is 0 Å². The van der Waals surface area contributed by atoms with Gasteiger partial charge in [-0.05, 0) is 24.5 Å². The summed E-state index contributed by atoms with van der Waals surface area (Å²) in [7, 11) is -3.82. The van der Waals surface area contributed by atoms with Crippen molar-refractivity contribution in [2.24, 2.45) is 0 Å². The standard InChI is InChI=1S/C23H38N2O3S/c1-3-5-7-9-14-19-25(20-15-10-8-6-4-2)23(26)24-29(27,28)21-18-22-16-12-11-13-17-22/h11-13,16-18,21H,3-10,14-15,19-20H2,1-2H3,(H,24,26). The predicted molar refractivity (Wildman–Crippen MR) is 122 cm³/mol. The molecule has 2 amide bonds. The number of urea groups is 1. The molecule has 0 radical (unpaired) electrons. The van der Waals surface area contributed by atoms with Crippen LogP contribution in [0, 0.1) is 0 Å². The molecule has 0 saturated carbocycles. The Labute approximate surface area is 177 Å². The first-order valence-electron chi connectivity index (χ1n) is 11.0. The molecule has 29 heavy (non-hydrogen) atoms. The molecule has 0 heterocycles. The minimum atomic E-state index is -3.82. The second-order valence-corrected chi connectivity index (χ2v) is 9.05. The Morgan fingerprint density at radius 3 is 1.90 bits per heavy atom. The van der Waals surface area contributed by atoms with Crippen molar-refractivity contribution in [1.82, 2.24) is 9.62 Å². The summed E-state index contributed by atoms with van der Waals surface area (Å²) in [4.78, 5) is 14.3. The summed E-state index contributed by atoms with van der Waals surface area (Å²) in [6.45, 7) is 5.54. The fourth-order valence-electron chi connectivity index (χ4n) is 3.08. The highest BCUT2D eigenvalue weighted by molar-refractivity contribution is 7.93. The number of nitrogens with one attached hydrogen (secondary N) is 1. The molecule has 0 fully saturated rings. The maximum Gasteiger partial charge on any atom is 0.331 e. The summed E-state index contributed by atoms with van der Waals surface area (Å²) in [6, 6.07) is 8.65. The zero-order valence-corrected chi connectivity index (χ0v) is 18.9. The van der Waals surface area contributed by atoms with Crippen molar-refractivity contribution in [3.05, 3.63) is 41.3 Å². The molecule has 0 saturated heterocycles. The first kappa shape index (κ1) is 25.2. The van der Waals surface area contributed by atoms with Crippen LogP contribution in [-0.2, 0) is 10.0 Å². The number of hydrogen-bond donors (Lipinski definition) is 1. The molecule has 0 aliphatic heterocycles. The predicted octanol–water partition coefficient (Wildman–Crippen LogP) is 5.94. The van der Waals surface area contributed by atoms with Crippen LogP contribution in [0.4, 0.5) is 4.79 Å². The van der Waals surface area contributed by atoms with Gasteiger partial charge in [-0.2, -0.15) is 0 Å². The van der Waals surface area contributed by atoms with E-state index in [9.17, 15) is 13.2 Å². The first-order chi connectivity index (χ1) is 14.0. The lowest BCUT2D eigenvalue weighted by Gasteiger charge is -2.22. The van der Waals surface area contributed by atoms with Crippen LogP contribution in [0.1, 0.15) is 83.6 Å². The molecule has 164 valence electrons. The number of sulfonamides is 1. The topological polar surface area (TPSA) is 66.5 Å². The summed E-state index contributed by atoms with van der Waals surface area (Å²) >= 11 is 0. The number of carbonyl (C=O) groups excluding carboxylic acids is 1. The Morgan fingerprint density at radius 1 is 0.862 bits per heavy atom. The molecule has 0 unspecified atom stereocenters. The number of rotatable bonds is 15. The van der Waals surface area contributed by atoms with Crippen molar-refractivity contribution >= 4 is 22.1 Å². The van der Waals surface area contributed by atoms with Crippen molar-refractivity contribution in [1.29, 1.82) is 0 Å². The molecule has 1 aromatic rings. The largest absolute Gasteiger partial charge is 0.331 e. The van der Waals surface area contributed by atoms with Gasteiger partial charge >= 0.3 is 6.03 Å². The smallest absolute Gasteiger partial charge is 0.324 e. The lowest BCUT2D eigenvalue weighted by atomic mass is 10.1. The normalized spacial score (nSPS) is 11.7. The van der Waals surface area contributed by atoms with E-state index in [1.54, 1.807) is 4.90 Å². The van der Waals surface area contributed by atoms with E-state index in [0.717, 1.165) is 49.5 Å². The summed E-state index contributed by atoms with van der Waals surface area (Å²) in [5.41, 5.74) is 0.772. The van der Waals surface area contributed by atoms with Crippen LogP contribution in [-0.4, -0.2) is 32.4 Å². The molecule has 0 atom stereocenters. The van der Waals surface area contributed by atoms with Crippen LogP contribution in [0.3, 0.4) is 0 Å². The van der Waals surface area contributed by atoms with Crippen LogP contribution in [0.25, 0.3) is 6.08 Å². The fraction of sp³-hybridized carbons (Fsp3) is 0.609. The minimum Gasteiger partial charge on any atom is -0.324 e. The molecule has 0 aliphatic rings. The third-order valence-electron chi connectivity index (χ3n) is 4.82. The average Bonchev–Trinajstić information content (AvgIpc) is 2.71. The van der Waals surface area contributed by atoms with Crippen molar-refractivity contribution in [3.63, 3.8) is 0 Å². The molecule has 0 aliphatic carbocycles. The van der Waals surface area contributed by atoms with Crippen molar-refractivity contribution in [2.45, 2.75) is 78.1 Å². The van der Waals surface area contributed by atoms with E-state index >= 15 is 0 Å². The van der Waals surface area contributed by atoms with E-state index in [4.69, 9.17) is 0 Å². The van der Waals surface area contributed by atoms with Crippen molar-refractivity contribution < 1.29 is 13.2 Å².